The van der Waals surface area contributed by atoms with Crippen LogP contribution in [0.2, 0.25) is 0 Å². The Labute approximate surface area is 232 Å². The number of hydrogen-bond acceptors (Lipinski definition) is 11. The lowest BCUT2D eigenvalue weighted by atomic mass is 10.2. The normalized spacial score (nSPS) is 11.0. The van der Waals surface area contributed by atoms with Crippen molar-refractivity contribution in [2.24, 2.45) is 0 Å². The van der Waals surface area contributed by atoms with Crippen LogP contribution in [0, 0.1) is 13.8 Å². The highest BCUT2D eigenvalue weighted by Gasteiger charge is 2.22. The molecule has 0 bridgehead atoms. The summed E-state index contributed by atoms with van der Waals surface area (Å²) in [4.78, 5) is 13.0. The Bertz CT molecular complexity index is 1320. The number of anilines is 1. The summed E-state index contributed by atoms with van der Waals surface area (Å²) in [6.45, 7) is 6.89. The van der Waals surface area contributed by atoms with Gasteiger partial charge in [0.1, 0.15) is 23.0 Å². The van der Waals surface area contributed by atoms with Crippen molar-refractivity contribution in [3.63, 3.8) is 0 Å². The maximum absolute atomic E-state index is 8.58. The fraction of sp³-hybridized carbons (Fsp3) is 0.370. The number of aromatic nitrogens is 6. The van der Waals surface area contributed by atoms with Gasteiger partial charge in [0, 0.05) is 42.5 Å². The molecule has 11 nitrogen and oxygen atoms in total. The van der Waals surface area contributed by atoms with Gasteiger partial charge in [-0.2, -0.15) is 0 Å². The molecular weight excluding hydrogens is 518 g/mol. The summed E-state index contributed by atoms with van der Waals surface area (Å²) in [6.07, 6.45) is 7.94. The number of ether oxygens (including phenoxy) is 2. The molecule has 4 rings (SSSR count). The SMILES string of the molecule is CC(C)(O)CO.COc1cccc(OC)c1-n1c(NSCCc2ncc(C)cn2)nnc1-c1cncc(C)c1. The zero-order chi connectivity index (χ0) is 28.4. The van der Waals surface area contributed by atoms with E-state index in [9.17, 15) is 0 Å². The van der Waals surface area contributed by atoms with E-state index in [0.29, 0.717) is 29.0 Å². The van der Waals surface area contributed by atoms with Crippen molar-refractivity contribution in [1.29, 1.82) is 0 Å². The zero-order valence-electron chi connectivity index (χ0n) is 23.0. The number of aryl methyl sites for hydroxylation is 3. The number of nitrogens with zero attached hydrogens (tertiary/aromatic N) is 6. The second kappa shape index (κ2) is 13.9. The van der Waals surface area contributed by atoms with Gasteiger partial charge in [-0.15, -0.1) is 10.2 Å². The summed E-state index contributed by atoms with van der Waals surface area (Å²) in [7, 11) is 3.25. The molecule has 0 spiro atoms. The fourth-order valence-corrected chi connectivity index (χ4v) is 3.93. The van der Waals surface area contributed by atoms with Crippen LogP contribution in [0.15, 0.2) is 49.1 Å². The molecule has 4 aromatic rings. The Morgan fingerprint density at radius 3 is 2.18 bits per heavy atom. The molecule has 0 aliphatic carbocycles. The van der Waals surface area contributed by atoms with Gasteiger partial charge >= 0.3 is 0 Å². The Kier molecular flexibility index (Phi) is 10.6. The summed E-state index contributed by atoms with van der Waals surface area (Å²) >= 11 is 1.50. The highest BCUT2D eigenvalue weighted by Crippen LogP contribution is 2.37. The highest BCUT2D eigenvalue weighted by atomic mass is 32.2. The minimum Gasteiger partial charge on any atom is -0.494 e. The van der Waals surface area contributed by atoms with Crippen molar-refractivity contribution in [1.82, 2.24) is 29.7 Å². The zero-order valence-corrected chi connectivity index (χ0v) is 23.9. The quantitative estimate of drug-likeness (QED) is 0.195. The molecule has 0 saturated carbocycles. The smallest absolute Gasteiger partial charge is 0.239 e. The first-order chi connectivity index (χ1) is 18.7. The van der Waals surface area contributed by atoms with E-state index in [2.05, 4.69) is 29.9 Å². The number of methoxy groups -OCH3 is 2. The van der Waals surface area contributed by atoms with E-state index in [1.807, 2.05) is 55.1 Å². The Hall–Kier alpha value is -3.74. The molecule has 0 radical (unpaired) electrons. The molecule has 3 N–H and O–H groups in total. The number of hydrogen-bond donors (Lipinski definition) is 3. The third-order valence-electron chi connectivity index (χ3n) is 5.23. The predicted molar refractivity (Wildman–Crippen MR) is 152 cm³/mol. The number of pyridine rings is 1. The van der Waals surface area contributed by atoms with Gasteiger partial charge in [-0.3, -0.25) is 14.3 Å². The lowest BCUT2D eigenvalue weighted by molar-refractivity contribution is 0.0183. The van der Waals surface area contributed by atoms with Crippen LogP contribution in [0.3, 0.4) is 0 Å². The number of aliphatic hydroxyl groups excluding tert-OH is 1. The van der Waals surface area contributed by atoms with Crippen molar-refractivity contribution >= 4 is 17.9 Å². The lowest BCUT2D eigenvalue weighted by Gasteiger charge is -2.17. The van der Waals surface area contributed by atoms with E-state index in [1.54, 1.807) is 40.5 Å². The number of benzene rings is 1. The molecule has 208 valence electrons. The molecule has 3 aromatic heterocycles. The first-order valence-corrected chi connectivity index (χ1v) is 13.2. The maximum atomic E-state index is 8.58. The van der Waals surface area contributed by atoms with E-state index >= 15 is 0 Å². The molecule has 0 saturated heterocycles. The van der Waals surface area contributed by atoms with Gasteiger partial charge in [0.25, 0.3) is 0 Å². The van der Waals surface area contributed by atoms with E-state index in [0.717, 1.165) is 34.7 Å². The molecule has 0 amide bonds. The van der Waals surface area contributed by atoms with Gasteiger partial charge in [0.05, 0.1) is 26.4 Å². The van der Waals surface area contributed by atoms with Gasteiger partial charge in [0.15, 0.2) is 5.82 Å². The van der Waals surface area contributed by atoms with Crippen molar-refractivity contribution in [3.05, 3.63) is 66.0 Å². The molecule has 39 heavy (non-hydrogen) atoms. The van der Waals surface area contributed by atoms with Gasteiger partial charge in [-0.1, -0.05) is 6.07 Å². The molecule has 1 aromatic carbocycles. The average molecular weight is 554 g/mol. The molecule has 0 unspecified atom stereocenters. The first-order valence-electron chi connectivity index (χ1n) is 12.2. The van der Waals surface area contributed by atoms with Crippen LogP contribution in [0.5, 0.6) is 11.5 Å². The maximum Gasteiger partial charge on any atom is 0.239 e. The van der Waals surface area contributed by atoms with Crippen LogP contribution < -0.4 is 14.2 Å². The van der Waals surface area contributed by atoms with Crippen molar-refractivity contribution in [2.45, 2.75) is 39.7 Å². The molecule has 0 atom stereocenters. The molecule has 3 heterocycles. The first kappa shape index (κ1) is 29.8. The van der Waals surface area contributed by atoms with Crippen LogP contribution in [-0.2, 0) is 6.42 Å². The second-order valence-electron chi connectivity index (χ2n) is 9.29. The van der Waals surface area contributed by atoms with E-state index in [4.69, 9.17) is 19.7 Å². The Morgan fingerprint density at radius 1 is 0.974 bits per heavy atom. The summed E-state index contributed by atoms with van der Waals surface area (Å²) in [5, 5.41) is 25.6. The molecular formula is C27H35N7O4S. The van der Waals surface area contributed by atoms with Crippen molar-refractivity contribution in [2.75, 3.05) is 31.3 Å². The third kappa shape index (κ3) is 8.37. The molecule has 0 aliphatic rings. The van der Waals surface area contributed by atoms with Crippen LogP contribution >= 0.6 is 11.9 Å². The minimum absolute atomic E-state index is 0.174. The molecule has 0 fully saturated rings. The summed E-state index contributed by atoms with van der Waals surface area (Å²) in [5.41, 5.74) is 2.70. The summed E-state index contributed by atoms with van der Waals surface area (Å²) < 4.78 is 16.5. The third-order valence-corrected chi connectivity index (χ3v) is 5.97. The van der Waals surface area contributed by atoms with Crippen molar-refractivity contribution in [3.8, 4) is 28.6 Å². The number of para-hydroxylation sites is 1. The van der Waals surface area contributed by atoms with Crippen LogP contribution in [0.4, 0.5) is 5.95 Å². The monoisotopic (exact) mass is 553 g/mol. The van der Waals surface area contributed by atoms with Crippen LogP contribution in [-0.4, -0.2) is 72.1 Å². The van der Waals surface area contributed by atoms with Gasteiger partial charge in [0.2, 0.25) is 5.95 Å². The molecule has 0 aliphatic heterocycles. The van der Waals surface area contributed by atoms with E-state index < -0.39 is 5.60 Å². The van der Waals surface area contributed by atoms with Crippen LogP contribution in [0.1, 0.15) is 30.8 Å². The van der Waals surface area contributed by atoms with Gasteiger partial charge < -0.3 is 19.7 Å². The lowest BCUT2D eigenvalue weighted by Crippen LogP contribution is -2.23. The number of aliphatic hydroxyl groups is 2. The van der Waals surface area contributed by atoms with Gasteiger partial charge in [-0.25, -0.2) is 9.97 Å². The standard InChI is InChI=1S/C23H25N7O2S.C4H10O2/c1-15-10-17(14-24-11-15)22-27-28-23(29-33-9-8-20-25-12-16(2)13-26-20)30(22)21-18(31-3)6-5-7-19(21)32-4;1-4(2,6)3-5/h5-7,10-14H,8-9H2,1-4H3,(H,28,29);5-6H,3H2,1-2H3. The Morgan fingerprint density at radius 2 is 1.62 bits per heavy atom. The average Bonchev–Trinajstić information content (AvgIpc) is 3.35. The summed E-state index contributed by atoms with van der Waals surface area (Å²) in [6, 6.07) is 7.65. The molecule has 12 heteroatoms. The van der Waals surface area contributed by atoms with Crippen LogP contribution in [0.25, 0.3) is 17.1 Å². The minimum atomic E-state index is -0.903. The Balaban J connectivity index is 0.000000631. The fourth-order valence-electron chi connectivity index (χ4n) is 3.28. The highest BCUT2D eigenvalue weighted by molar-refractivity contribution is 8.00. The predicted octanol–water partition coefficient (Wildman–Crippen LogP) is 3.81. The van der Waals surface area contributed by atoms with Crippen molar-refractivity contribution < 1.29 is 19.7 Å². The van der Waals surface area contributed by atoms with E-state index in [-0.39, 0.29) is 6.61 Å². The number of nitrogens with one attached hydrogen (secondary N) is 1. The number of rotatable bonds is 10. The van der Waals surface area contributed by atoms with E-state index in [1.165, 1.54) is 11.9 Å². The topological polar surface area (TPSA) is 140 Å². The second-order valence-corrected chi connectivity index (χ2v) is 10.2. The largest absolute Gasteiger partial charge is 0.494 e. The van der Waals surface area contributed by atoms with Gasteiger partial charge in [-0.05, 0) is 69.0 Å². The summed E-state index contributed by atoms with van der Waals surface area (Å²) in [5.74, 6) is 3.99.